The van der Waals surface area contributed by atoms with Gasteiger partial charge in [-0.15, -0.1) is 0 Å². The second-order valence-electron chi connectivity index (χ2n) is 7.29. The van der Waals surface area contributed by atoms with E-state index >= 15 is 0 Å². The molecule has 0 aliphatic heterocycles. The molecule has 156 valence electrons. The van der Waals surface area contributed by atoms with Crippen molar-refractivity contribution in [3.63, 3.8) is 0 Å². The highest BCUT2D eigenvalue weighted by Gasteiger charge is 2.26. The van der Waals surface area contributed by atoms with Gasteiger partial charge in [-0.05, 0) is 36.6 Å². The second kappa shape index (κ2) is 10.5. The summed E-state index contributed by atoms with van der Waals surface area (Å²) in [6.07, 6.45) is 0.506. The van der Waals surface area contributed by atoms with E-state index in [2.05, 4.69) is 5.32 Å². The lowest BCUT2D eigenvalue weighted by Crippen LogP contribution is -2.47. The molecule has 7 heteroatoms. The van der Waals surface area contributed by atoms with Gasteiger partial charge in [0.1, 0.15) is 11.8 Å². The Hall–Kier alpha value is -2.24. The Bertz CT molecular complexity index is 871. The molecule has 2 aromatic carbocycles. The smallest absolute Gasteiger partial charge is 0.253 e. The van der Waals surface area contributed by atoms with Crippen molar-refractivity contribution in [2.24, 2.45) is 5.92 Å². The quantitative estimate of drug-likeness (QED) is 0.645. The molecule has 0 radical (unpaired) electrons. The lowest BCUT2D eigenvalue weighted by molar-refractivity contribution is -0.132. The molecule has 0 saturated carbocycles. The van der Waals surface area contributed by atoms with E-state index in [0.717, 1.165) is 5.56 Å². The van der Waals surface area contributed by atoms with Crippen LogP contribution >= 0.6 is 23.2 Å². The summed E-state index contributed by atoms with van der Waals surface area (Å²) in [5, 5.41) is 3.52. The zero-order valence-electron chi connectivity index (χ0n) is 17.0. The summed E-state index contributed by atoms with van der Waals surface area (Å²) < 4.78 is 5.36. The van der Waals surface area contributed by atoms with E-state index < -0.39 is 11.9 Å². The summed E-state index contributed by atoms with van der Waals surface area (Å²) >= 11 is 12.0. The minimum atomic E-state index is -0.672. The molecule has 0 spiro atoms. The molecule has 0 bridgehead atoms. The topological polar surface area (TPSA) is 58.6 Å². The van der Waals surface area contributed by atoms with Crippen LogP contribution in [0.4, 0.5) is 0 Å². The van der Waals surface area contributed by atoms with Crippen LogP contribution in [-0.2, 0) is 11.3 Å². The molecule has 0 aliphatic carbocycles. The highest BCUT2D eigenvalue weighted by molar-refractivity contribution is 6.36. The SMILES string of the molecule is COc1ccccc1CN(C)C(=O)C(CC(C)C)NC(=O)c1ccc(Cl)cc1Cl. The molecule has 0 fully saturated rings. The van der Waals surface area contributed by atoms with Crippen molar-refractivity contribution < 1.29 is 14.3 Å². The molecule has 0 heterocycles. The van der Waals surface area contributed by atoms with E-state index in [1.807, 2.05) is 38.1 Å². The number of methoxy groups -OCH3 is 1. The number of rotatable bonds is 8. The first kappa shape index (κ1) is 23.0. The molecule has 1 N–H and O–H groups in total. The maximum Gasteiger partial charge on any atom is 0.253 e. The van der Waals surface area contributed by atoms with Crippen molar-refractivity contribution in [1.29, 1.82) is 0 Å². The maximum absolute atomic E-state index is 13.1. The zero-order valence-corrected chi connectivity index (χ0v) is 18.6. The second-order valence-corrected chi connectivity index (χ2v) is 8.13. The molecule has 1 unspecified atom stereocenters. The molecule has 0 saturated heterocycles. The van der Waals surface area contributed by atoms with E-state index in [9.17, 15) is 9.59 Å². The number of hydrogen-bond acceptors (Lipinski definition) is 3. The van der Waals surface area contributed by atoms with Crippen molar-refractivity contribution in [2.75, 3.05) is 14.2 Å². The molecular weight excluding hydrogens is 411 g/mol. The van der Waals surface area contributed by atoms with Crippen LogP contribution in [0.15, 0.2) is 42.5 Å². The van der Waals surface area contributed by atoms with Crippen LogP contribution in [0.2, 0.25) is 10.0 Å². The van der Waals surface area contributed by atoms with Gasteiger partial charge in [0.2, 0.25) is 5.91 Å². The van der Waals surface area contributed by atoms with E-state index in [4.69, 9.17) is 27.9 Å². The fourth-order valence-corrected chi connectivity index (χ4v) is 3.53. The number of nitrogens with zero attached hydrogens (tertiary/aromatic N) is 1. The summed E-state index contributed by atoms with van der Waals surface area (Å²) in [6.45, 7) is 4.37. The minimum Gasteiger partial charge on any atom is -0.496 e. The van der Waals surface area contributed by atoms with Gasteiger partial charge < -0.3 is 15.0 Å². The van der Waals surface area contributed by atoms with Gasteiger partial charge in [0, 0.05) is 24.2 Å². The molecule has 0 aliphatic rings. The number of carbonyl (C=O) groups is 2. The van der Waals surface area contributed by atoms with E-state index in [0.29, 0.717) is 23.7 Å². The Morgan fingerprint density at radius 2 is 1.83 bits per heavy atom. The number of ether oxygens (including phenoxy) is 1. The van der Waals surface area contributed by atoms with Gasteiger partial charge in [0.05, 0.1) is 17.7 Å². The van der Waals surface area contributed by atoms with Gasteiger partial charge in [-0.2, -0.15) is 0 Å². The Kier molecular flexibility index (Phi) is 8.35. The number of carbonyl (C=O) groups excluding carboxylic acids is 2. The first-order chi connectivity index (χ1) is 13.7. The van der Waals surface area contributed by atoms with Gasteiger partial charge in [-0.3, -0.25) is 9.59 Å². The fraction of sp³-hybridized carbons (Fsp3) is 0.364. The summed E-state index contributed by atoms with van der Waals surface area (Å²) in [7, 11) is 3.31. The van der Waals surface area contributed by atoms with Crippen LogP contribution in [0.5, 0.6) is 5.75 Å². The summed E-state index contributed by atoms with van der Waals surface area (Å²) in [5.74, 6) is 0.341. The number of halogens is 2. The molecule has 1 atom stereocenters. The summed E-state index contributed by atoms with van der Waals surface area (Å²) in [6, 6.07) is 11.5. The molecule has 0 aromatic heterocycles. The van der Waals surface area contributed by atoms with E-state index in [1.54, 1.807) is 31.2 Å². The summed E-state index contributed by atoms with van der Waals surface area (Å²) in [4.78, 5) is 27.4. The molecule has 2 aromatic rings. The molecule has 5 nitrogen and oxygen atoms in total. The van der Waals surface area contributed by atoms with Crippen LogP contribution < -0.4 is 10.1 Å². The van der Waals surface area contributed by atoms with Crippen LogP contribution in [0.1, 0.15) is 36.2 Å². The van der Waals surface area contributed by atoms with Gasteiger partial charge in [0.25, 0.3) is 5.91 Å². The van der Waals surface area contributed by atoms with Gasteiger partial charge in [-0.25, -0.2) is 0 Å². The third-order valence-electron chi connectivity index (χ3n) is 4.46. The average molecular weight is 437 g/mol. The van der Waals surface area contributed by atoms with Gasteiger partial charge in [0.15, 0.2) is 0 Å². The molecular formula is C22H26Cl2N2O3. The predicted molar refractivity (Wildman–Crippen MR) is 117 cm³/mol. The lowest BCUT2D eigenvalue weighted by Gasteiger charge is -2.26. The molecule has 29 heavy (non-hydrogen) atoms. The highest BCUT2D eigenvalue weighted by Crippen LogP contribution is 2.22. The highest BCUT2D eigenvalue weighted by atomic mass is 35.5. The minimum absolute atomic E-state index is 0.178. The Balaban J connectivity index is 2.17. The Morgan fingerprint density at radius 3 is 2.45 bits per heavy atom. The average Bonchev–Trinajstić information content (AvgIpc) is 2.66. The normalized spacial score (nSPS) is 11.8. The number of benzene rings is 2. The van der Waals surface area contributed by atoms with E-state index in [1.165, 1.54) is 6.07 Å². The number of amides is 2. The first-order valence-corrected chi connectivity index (χ1v) is 10.1. The van der Waals surface area contributed by atoms with Crippen LogP contribution in [-0.4, -0.2) is 36.9 Å². The number of nitrogens with one attached hydrogen (secondary N) is 1. The Morgan fingerprint density at radius 1 is 1.14 bits per heavy atom. The van der Waals surface area contributed by atoms with Gasteiger partial charge in [-0.1, -0.05) is 55.2 Å². The lowest BCUT2D eigenvalue weighted by atomic mass is 10.0. The third kappa shape index (κ3) is 6.38. The van der Waals surface area contributed by atoms with Crippen LogP contribution in [0.25, 0.3) is 0 Å². The predicted octanol–water partition coefficient (Wildman–Crippen LogP) is 4.81. The van der Waals surface area contributed by atoms with Crippen molar-refractivity contribution in [3.05, 3.63) is 63.6 Å². The number of hydrogen-bond donors (Lipinski definition) is 1. The van der Waals surface area contributed by atoms with Crippen molar-refractivity contribution >= 4 is 35.0 Å². The largest absolute Gasteiger partial charge is 0.496 e. The van der Waals surface area contributed by atoms with Crippen molar-refractivity contribution in [1.82, 2.24) is 10.2 Å². The van der Waals surface area contributed by atoms with Crippen molar-refractivity contribution in [3.8, 4) is 5.75 Å². The van der Waals surface area contributed by atoms with E-state index in [-0.39, 0.29) is 22.4 Å². The number of para-hydroxylation sites is 1. The maximum atomic E-state index is 13.1. The first-order valence-electron chi connectivity index (χ1n) is 9.35. The standard InChI is InChI=1S/C22H26Cl2N2O3/c1-14(2)11-19(25-21(27)17-10-9-16(23)12-18(17)24)22(28)26(3)13-15-7-5-6-8-20(15)29-4/h5-10,12,14,19H,11,13H2,1-4H3,(H,25,27). The molecule has 2 rings (SSSR count). The Labute approximate surface area is 181 Å². The summed E-state index contributed by atoms with van der Waals surface area (Å²) in [5.41, 5.74) is 1.17. The molecule has 2 amide bonds. The van der Waals surface area contributed by atoms with Crippen molar-refractivity contribution in [2.45, 2.75) is 32.9 Å². The van der Waals surface area contributed by atoms with Gasteiger partial charge >= 0.3 is 0 Å². The van der Waals surface area contributed by atoms with Crippen LogP contribution in [0.3, 0.4) is 0 Å². The third-order valence-corrected chi connectivity index (χ3v) is 5.01. The zero-order chi connectivity index (χ0) is 21.6. The fourth-order valence-electron chi connectivity index (χ4n) is 3.04. The monoisotopic (exact) mass is 436 g/mol. The number of likely N-dealkylation sites (N-methyl/N-ethyl adjacent to an activating group) is 1. The van der Waals surface area contributed by atoms with Crippen LogP contribution in [0, 0.1) is 5.92 Å².